The molecule has 156 valence electrons. The number of carbonyl (C=O) groups is 1. The van der Waals surface area contributed by atoms with Crippen LogP contribution in [0.15, 0.2) is 60.7 Å². The van der Waals surface area contributed by atoms with Crippen LogP contribution in [0.4, 0.5) is 0 Å². The Kier molecular flexibility index (Phi) is 5.02. The lowest BCUT2D eigenvalue weighted by Gasteiger charge is -2.16. The number of nitrogens with one attached hydrogen (secondary N) is 1. The van der Waals surface area contributed by atoms with E-state index in [4.69, 9.17) is 4.98 Å². The van der Waals surface area contributed by atoms with Crippen LogP contribution in [0.5, 0.6) is 0 Å². The molecule has 4 aromatic rings. The number of pyridine rings is 1. The molecule has 1 atom stereocenters. The molecule has 1 aliphatic rings. The number of likely N-dealkylation sites (tertiary alicyclic amines) is 1. The highest BCUT2D eigenvalue weighted by molar-refractivity contribution is 6.04. The van der Waals surface area contributed by atoms with Gasteiger partial charge < -0.3 is 4.90 Å². The predicted octanol–water partition coefficient (Wildman–Crippen LogP) is 4.80. The van der Waals surface area contributed by atoms with E-state index in [1.165, 1.54) is 11.1 Å². The van der Waals surface area contributed by atoms with E-state index in [2.05, 4.69) is 46.6 Å². The van der Waals surface area contributed by atoms with Crippen LogP contribution in [-0.2, 0) is 6.42 Å². The summed E-state index contributed by atoms with van der Waals surface area (Å²) in [5, 5.41) is 8.21. The van der Waals surface area contributed by atoms with Crippen LogP contribution >= 0.6 is 0 Å². The Labute approximate surface area is 182 Å². The monoisotopic (exact) mass is 410 g/mol. The lowest BCUT2D eigenvalue weighted by Crippen LogP contribution is -2.29. The Morgan fingerprint density at radius 3 is 2.74 bits per heavy atom. The van der Waals surface area contributed by atoms with E-state index in [1.807, 2.05) is 43.0 Å². The van der Waals surface area contributed by atoms with Crippen molar-refractivity contribution in [3.8, 4) is 0 Å². The second kappa shape index (κ2) is 7.99. The fraction of sp³-hybridized carbons (Fsp3) is 0.269. The molecule has 0 spiro atoms. The number of amides is 1. The standard InChI is InChI=1S/C26H26N4O/c1-17-8-9-23-22(12-17)25(29-28-23)26(31)30-11-10-21(16-30)24-15-20(13-18(2)27-24)14-19-6-4-3-5-7-19/h3-9,12-13,15,21H,10-11,14,16H2,1-2H3,(H,28,29)/t21-/m1/s1. The van der Waals surface area contributed by atoms with Gasteiger partial charge in [0.25, 0.3) is 5.91 Å². The number of hydrogen-bond donors (Lipinski definition) is 1. The molecule has 5 rings (SSSR count). The van der Waals surface area contributed by atoms with Gasteiger partial charge in [-0.2, -0.15) is 5.10 Å². The van der Waals surface area contributed by atoms with Crippen molar-refractivity contribution in [3.05, 3.63) is 94.4 Å². The van der Waals surface area contributed by atoms with Crippen LogP contribution in [-0.4, -0.2) is 39.1 Å². The van der Waals surface area contributed by atoms with E-state index in [0.717, 1.165) is 47.2 Å². The van der Waals surface area contributed by atoms with Crippen LogP contribution in [0.2, 0.25) is 0 Å². The number of nitrogens with zero attached hydrogens (tertiary/aromatic N) is 3. The van der Waals surface area contributed by atoms with Crippen LogP contribution in [0, 0.1) is 13.8 Å². The lowest BCUT2D eigenvalue weighted by molar-refractivity contribution is 0.0786. The average molecular weight is 411 g/mol. The summed E-state index contributed by atoms with van der Waals surface area (Å²) < 4.78 is 0. The van der Waals surface area contributed by atoms with Gasteiger partial charge in [0.15, 0.2) is 5.69 Å². The minimum absolute atomic E-state index is 0.00323. The maximum absolute atomic E-state index is 13.2. The largest absolute Gasteiger partial charge is 0.337 e. The minimum Gasteiger partial charge on any atom is -0.337 e. The predicted molar refractivity (Wildman–Crippen MR) is 122 cm³/mol. The molecule has 2 aromatic heterocycles. The molecule has 1 aliphatic heterocycles. The van der Waals surface area contributed by atoms with Gasteiger partial charge in [-0.3, -0.25) is 14.9 Å². The van der Waals surface area contributed by atoms with Gasteiger partial charge in [-0.05, 0) is 62.1 Å². The summed E-state index contributed by atoms with van der Waals surface area (Å²) in [6, 6.07) is 20.9. The zero-order chi connectivity index (χ0) is 21.4. The van der Waals surface area contributed by atoms with Gasteiger partial charge in [0.05, 0.1) is 5.52 Å². The van der Waals surface area contributed by atoms with E-state index < -0.39 is 0 Å². The summed E-state index contributed by atoms with van der Waals surface area (Å²) in [7, 11) is 0. The highest BCUT2D eigenvalue weighted by atomic mass is 16.2. The number of carbonyl (C=O) groups excluding carboxylic acids is 1. The number of aromatic amines is 1. The van der Waals surface area contributed by atoms with Gasteiger partial charge in [0, 0.05) is 35.8 Å². The van der Waals surface area contributed by atoms with Crippen molar-refractivity contribution in [2.75, 3.05) is 13.1 Å². The van der Waals surface area contributed by atoms with E-state index in [0.29, 0.717) is 12.2 Å². The molecule has 0 unspecified atom stereocenters. The molecule has 2 aromatic carbocycles. The summed E-state index contributed by atoms with van der Waals surface area (Å²) in [4.78, 5) is 19.9. The first-order valence-electron chi connectivity index (χ1n) is 10.8. The summed E-state index contributed by atoms with van der Waals surface area (Å²) >= 11 is 0. The molecule has 0 radical (unpaired) electrons. The van der Waals surface area contributed by atoms with Crippen molar-refractivity contribution in [2.45, 2.75) is 32.6 Å². The SMILES string of the molecule is Cc1ccc2[nH]nc(C(=O)N3CC[C@@H](c4cc(Cc5ccccc5)cc(C)n4)C3)c2c1. The highest BCUT2D eigenvalue weighted by Gasteiger charge is 2.31. The molecule has 5 heteroatoms. The van der Waals surface area contributed by atoms with Gasteiger partial charge in [-0.15, -0.1) is 0 Å². The number of aryl methyl sites for hydroxylation is 2. The third-order valence-electron chi connectivity index (χ3n) is 6.10. The van der Waals surface area contributed by atoms with Crippen molar-refractivity contribution >= 4 is 16.8 Å². The number of benzene rings is 2. The van der Waals surface area contributed by atoms with Gasteiger partial charge in [0.2, 0.25) is 0 Å². The van der Waals surface area contributed by atoms with E-state index in [9.17, 15) is 4.79 Å². The topological polar surface area (TPSA) is 61.9 Å². The number of hydrogen-bond acceptors (Lipinski definition) is 3. The van der Waals surface area contributed by atoms with Gasteiger partial charge in [0.1, 0.15) is 0 Å². The minimum atomic E-state index is -0.00323. The first kappa shape index (κ1) is 19.5. The van der Waals surface area contributed by atoms with Crippen LogP contribution in [0.3, 0.4) is 0 Å². The molecule has 1 fully saturated rings. The van der Waals surface area contributed by atoms with Crippen molar-refractivity contribution in [2.24, 2.45) is 0 Å². The van der Waals surface area contributed by atoms with Crippen molar-refractivity contribution in [1.29, 1.82) is 0 Å². The normalized spacial score (nSPS) is 16.2. The number of fused-ring (bicyclic) bond motifs is 1. The molecule has 0 saturated carbocycles. The summed E-state index contributed by atoms with van der Waals surface area (Å²) in [5.41, 5.74) is 7.22. The molecule has 0 bridgehead atoms. The third-order valence-corrected chi connectivity index (χ3v) is 6.10. The third kappa shape index (κ3) is 3.96. The van der Waals surface area contributed by atoms with Crippen molar-refractivity contribution in [1.82, 2.24) is 20.1 Å². The Morgan fingerprint density at radius 1 is 1.06 bits per heavy atom. The first-order valence-corrected chi connectivity index (χ1v) is 10.8. The second-order valence-corrected chi connectivity index (χ2v) is 8.56. The average Bonchev–Trinajstić information content (AvgIpc) is 3.41. The zero-order valence-electron chi connectivity index (χ0n) is 17.9. The lowest BCUT2D eigenvalue weighted by atomic mass is 9.98. The maximum atomic E-state index is 13.2. The summed E-state index contributed by atoms with van der Waals surface area (Å²) in [6.45, 7) is 5.49. The van der Waals surface area contributed by atoms with Crippen molar-refractivity contribution < 1.29 is 4.79 Å². The molecule has 0 aliphatic carbocycles. The number of aromatic nitrogens is 3. The molecular weight excluding hydrogens is 384 g/mol. The molecule has 31 heavy (non-hydrogen) atoms. The number of H-pyrrole nitrogens is 1. The molecule has 1 saturated heterocycles. The molecule has 5 nitrogen and oxygen atoms in total. The quantitative estimate of drug-likeness (QED) is 0.526. The number of rotatable bonds is 4. The fourth-order valence-electron chi connectivity index (χ4n) is 4.54. The van der Waals surface area contributed by atoms with Crippen LogP contribution < -0.4 is 0 Å². The van der Waals surface area contributed by atoms with Gasteiger partial charge in [-0.1, -0.05) is 42.0 Å². The Hall–Kier alpha value is -3.47. The summed E-state index contributed by atoms with van der Waals surface area (Å²) in [5.74, 6) is 0.252. The Balaban J connectivity index is 1.35. The Morgan fingerprint density at radius 2 is 1.90 bits per heavy atom. The van der Waals surface area contributed by atoms with Crippen LogP contribution in [0.25, 0.3) is 10.9 Å². The van der Waals surface area contributed by atoms with E-state index >= 15 is 0 Å². The molecular formula is C26H26N4O. The molecule has 1 N–H and O–H groups in total. The van der Waals surface area contributed by atoms with Gasteiger partial charge in [-0.25, -0.2) is 0 Å². The maximum Gasteiger partial charge on any atom is 0.275 e. The zero-order valence-corrected chi connectivity index (χ0v) is 17.9. The molecule has 3 heterocycles. The Bertz CT molecular complexity index is 1240. The summed E-state index contributed by atoms with van der Waals surface area (Å²) in [6.07, 6.45) is 1.82. The van der Waals surface area contributed by atoms with Crippen LogP contribution in [0.1, 0.15) is 50.9 Å². The fourth-order valence-corrected chi connectivity index (χ4v) is 4.54. The van der Waals surface area contributed by atoms with Gasteiger partial charge >= 0.3 is 0 Å². The first-order chi connectivity index (χ1) is 15.1. The van der Waals surface area contributed by atoms with E-state index in [1.54, 1.807) is 0 Å². The van der Waals surface area contributed by atoms with E-state index in [-0.39, 0.29) is 11.8 Å². The van der Waals surface area contributed by atoms with Crippen molar-refractivity contribution in [3.63, 3.8) is 0 Å². The molecule has 1 amide bonds. The second-order valence-electron chi connectivity index (χ2n) is 8.56. The highest BCUT2D eigenvalue weighted by Crippen LogP contribution is 2.29. The smallest absolute Gasteiger partial charge is 0.275 e.